The van der Waals surface area contributed by atoms with Crippen LogP contribution in [0, 0.1) is 11.3 Å². The predicted octanol–water partition coefficient (Wildman–Crippen LogP) is 2.54. The van der Waals surface area contributed by atoms with Gasteiger partial charge in [0.05, 0.1) is 11.6 Å². The summed E-state index contributed by atoms with van der Waals surface area (Å²) >= 11 is 1.42. The molecule has 1 fully saturated rings. The smallest absolute Gasteiger partial charge is 0.257 e. The van der Waals surface area contributed by atoms with E-state index < -0.39 is 0 Å². The highest BCUT2D eigenvalue weighted by atomic mass is 32.1. The van der Waals surface area contributed by atoms with Crippen LogP contribution in [0.2, 0.25) is 0 Å². The Bertz CT molecular complexity index is 669. The third kappa shape index (κ3) is 2.61. The van der Waals surface area contributed by atoms with Crippen LogP contribution < -0.4 is 5.32 Å². The molecule has 1 aliphatic rings. The Balaban J connectivity index is 1.74. The maximum Gasteiger partial charge on any atom is 0.257 e. The van der Waals surface area contributed by atoms with Crippen LogP contribution in [0.3, 0.4) is 0 Å². The van der Waals surface area contributed by atoms with E-state index in [4.69, 9.17) is 5.26 Å². The number of benzene rings is 1. The summed E-state index contributed by atoms with van der Waals surface area (Å²) in [5.74, 6) is 0.265. The van der Waals surface area contributed by atoms with Crippen molar-refractivity contribution in [2.24, 2.45) is 0 Å². The Morgan fingerprint density at radius 2 is 2.26 bits per heavy atom. The lowest BCUT2D eigenvalue weighted by Gasteiger charge is -2.00. The van der Waals surface area contributed by atoms with E-state index in [-0.39, 0.29) is 5.91 Å². The summed E-state index contributed by atoms with van der Waals surface area (Å²) < 4.78 is 0. The van der Waals surface area contributed by atoms with Crippen molar-refractivity contribution in [3.63, 3.8) is 0 Å². The predicted molar refractivity (Wildman–Crippen MR) is 71.0 cm³/mol. The third-order valence-electron chi connectivity index (χ3n) is 2.84. The zero-order valence-electron chi connectivity index (χ0n) is 9.96. The normalized spacial score (nSPS) is 13.8. The molecule has 1 saturated carbocycles. The first kappa shape index (κ1) is 11.8. The molecule has 0 aliphatic heterocycles. The largest absolute Gasteiger partial charge is 0.296 e. The summed E-state index contributed by atoms with van der Waals surface area (Å²) in [5, 5.41) is 21.0. The molecule has 0 saturated heterocycles. The number of carbonyl (C=O) groups is 1. The van der Waals surface area contributed by atoms with E-state index in [1.54, 1.807) is 24.3 Å². The molecule has 1 N–H and O–H groups in total. The zero-order valence-corrected chi connectivity index (χ0v) is 10.8. The number of nitrogens with one attached hydrogen (secondary N) is 1. The molecule has 2 aromatic rings. The lowest BCUT2D eigenvalue weighted by atomic mass is 10.1. The Morgan fingerprint density at radius 1 is 1.42 bits per heavy atom. The van der Waals surface area contributed by atoms with Gasteiger partial charge >= 0.3 is 0 Å². The number of nitriles is 1. The number of rotatable bonds is 3. The summed E-state index contributed by atoms with van der Waals surface area (Å²) in [7, 11) is 0. The number of nitrogens with zero attached hydrogens (tertiary/aromatic N) is 3. The maximum atomic E-state index is 12.0. The molecule has 0 atom stereocenters. The van der Waals surface area contributed by atoms with Gasteiger partial charge in [0.2, 0.25) is 5.13 Å². The van der Waals surface area contributed by atoms with Crippen molar-refractivity contribution in [2.75, 3.05) is 5.32 Å². The van der Waals surface area contributed by atoms with Crippen molar-refractivity contribution in [1.82, 2.24) is 10.2 Å². The van der Waals surface area contributed by atoms with Gasteiger partial charge in [-0.05, 0) is 31.0 Å². The van der Waals surface area contributed by atoms with E-state index in [1.165, 1.54) is 11.3 Å². The molecule has 19 heavy (non-hydrogen) atoms. The highest BCUT2D eigenvalue weighted by Crippen LogP contribution is 2.42. The fourth-order valence-corrected chi connectivity index (χ4v) is 2.59. The molecule has 3 rings (SSSR count). The minimum absolute atomic E-state index is 0.268. The van der Waals surface area contributed by atoms with Crippen LogP contribution in [0.15, 0.2) is 24.3 Å². The molecule has 1 amide bonds. The van der Waals surface area contributed by atoms with Gasteiger partial charge in [-0.1, -0.05) is 17.4 Å². The second-order valence-electron chi connectivity index (χ2n) is 4.37. The number of carbonyl (C=O) groups excluding carboxylic acids is 1. The Labute approximate surface area is 113 Å². The van der Waals surface area contributed by atoms with Crippen molar-refractivity contribution in [3.8, 4) is 6.07 Å². The summed E-state index contributed by atoms with van der Waals surface area (Å²) in [5.41, 5.74) is 0.908. The number of hydrogen-bond donors (Lipinski definition) is 1. The first-order valence-corrected chi connectivity index (χ1v) is 6.73. The van der Waals surface area contributed by atoms with Gasteiger partial charge in [-0.3, -0.25) is 10.1 Å². The molecule has 0 bridgehead atoms. The van der Waals surface area contributed by atoms with Gasteiger partial charge in [-0.15, -0.1) is 10.2 Å². The monoisotopic (exact) mass is 270 g/mol. The Hall–Kier alpha value is -2.26. The van der Waals surface area contributed by atoms with E-state index in [0.717, 1.165) is 17.8 Å². The van der Waals surface area contributed by atoms with Crippen LogP contribution in [-0.4, -0.2) is 16.1 Å². The minimum Gasteiger partial charge on any atom is -0.296 e. The fourth-order valence-electron chi connectivity index (χ4n) is 1.68. The van der Waals surface area contributed by atoms with Crippen LogP contribution in [0.25, 0.3) is 0 Å². The molecule has 0 spiro atoms. The van der Waals surface area contributed by atoms with E-state index in [9.17, 15) is 4.79 Å². The molecule has 1 aromatic carbocycles. The second-order valence-corrected chi connectivity index (χ2v) is 5.38. The fraction of sp³-hybridized carbons (Fsp3) is 0.231. The molecule has 1 aromatic heterocycles. The van der Waals surface area contributed by atoms with Crippen LogP contribution in [-0.2, 0) is 0 Å². The van der Waals surface area contributed by atoms with Crippen LogP contribution in [0.1, 0.15) is 39.7 Å². The molecular weight excluding hydrogens is 260 g/mol. The van der Waals surface area contributed by atoms with Crippen molar-refractivity contribution in [2.45, 2.75) is 18.8 Å². The molecule has 94 valence electrons. The van der Waals surface area contributed by atoms with Crippen LogP contribution >= 0.6 is 11.3 Å². The van der Waals surface area contributed by atoms with Crippen molar-refractivity contribution >= 4 is 22.4 Å². The average Bonchev–Trinajstić information content (AvgIpc) is 3.19. The molecule has 1 heterocycles. The topological polar surface area (TPSA) is 78.7 Å². The van der Waals surface area contributed by atoms with E-state index in [2.05, 4.69) is 15.5 Å². The van der Waals surface area contributed by atoms with E-state index in [0.29, 0.717) is 22.2 Å². The lowest BCUT2D eigenvalue weighted by molar-refractivity contribution is 0.102. The summed E-state index contributed by atoms with van der Waals surface area (Å²) in [6.45, 7) is 0. The van der Waals surface area contributed by atoms with Crippen LogP contribution in [0.4, 0.5) is 5.13 Å². The number of hydrogen-bond acceptors (Lipinski definition) is 5. The average molecular weight is 270 g/mol. The first-order chi connectivity index (χ1) is 9.26. The molecular formula is C13H10N4OS. The van der Waals surface area contributed by atoms with E-state index in [1.807, 2.05) is 6.07 Å². The summed E-state index contributed by atoms with van der Waals surface area (Å²) in [4.78, 5) is 12.0. The Morgan fingerprint density at radius 3 is 3.00 bits per heavy atom. The van der Waals surface area contributed by atoms with Crippen molar-refractivity contribution in [3.05, 3.63) is 40.4 Å². The molecule has 5 nitrogen and oxygen atoms in total. The highest BCUT2D eigenvalue weighted by molar-refractivity contribution is 7.15. The minimum atomic E-state index is -0.268. The number of anilines is 1. The number of aromatic nitrogens is 2. The molecule has 0 unspecified atom stereocenters. The van der Waals surface area contributed by atoms with Gasteiger partial charge < -0.3 is 0 Å². The molecule has 6 heteroatoms. The summed E-state index contributed by atoms with van der Waals surface area (Å²) in [6, 6.07) is 8.57. The highest BCUT2D eigenvalue weighted by Gasteiger charge is 2.27. The van der Waals surface area contributed by atoms with Gasteiger partial charge in [0.15, 0.2) is 0 Å². The van der Waals surface area contributed by atoms with Gasteiger partial charge in [-0.25, -0.2) is 0 Å². The summed E-state index contributed by atoms with van der Waals surface area (Å²) in [6.07, 6.45) is 2.32. The van der Waals surface area contributed by atoms with Crippen molar-refractivity contribution < 1.29 is 4.79 Å². The van der Waals surface area contributed by atoms with Gasteiger partial charge in [-0.2, -0.15) is 5.26 Å². The third-order valence-corrected chi connectivity index (χ3v) is 3.84. The second kappa shape index (κ2) is 4.78. The lowest BCUT2D eigenvalue weighted by Crippen LogP contribution is -2.11. The van der Waals surface area contributed by atoms with Crippen molar-refractivity contribution in [1.29, 1.82) is 5.26 Å². The van der Waals surface area contributed by atoms with Gasteiger partial charge in [0.1, 0.15) is 5.01 Å². The molecule has 0 radical (unpaired) electrons. The molecule has 1 aliphatic carbocycles. The standard InChI is InChI=1S/C13H10N4OS/c14-7-8-2-1-3-10(6-8)11(18)15-13-17-16-12(19-13)9-4-5-9/h1-3,6,9H,4-5H2,(H,15,17,18). The Kier molecular flexibility index (Phi) is 2.97. The number of amides is 1. The first-order valence-electron chi connectivity index (χ1n) is 5.91. The SMILES string of the molecule is N#Cc1cccc(C(=O)Nc2nnc(C3CC3)s2)c1. The van der Waals surface area contributed by atoms with E-state index >= 15 is 0 Å². The van der Waals surface area contributed by atoms with Gasteiger partial charge in [0.25, 0.3) is 5.91 Å². The van der Waals surface area contributed by atoms with Crippen LogP contribution in [0.5, 0.6) is 0 Å². The van der Waals surface area contributed by atoms with Gasteiger partial charge in [0, 0.05) is 11.5 Å². The zero-order chi connectivity index (χ0) is 13.2. The maximum absolute atomic E-state index is 12.0. The quantitative estimate of drug-likeness (QED) is 0.929.